The third-order valence-electron chi connectivity index (χ3n) is 3.71. The van der Waals surface area contributed by atoms with Gasteiger partial charge < -0.3 is 9.84 Å². The van der Waals surface area contributed by atoms with Gasteiger partial charge in [-0.05, 0) is 19.1 Å². The molecule has 1 N–H and O–H groups in total. The Kier molecular flexibility index (Phi) is 6.49. The van der Waals surface area contributed by atoms with E-state index in [9.17, 15) is 18.3 Å². The topological polar surface area (TPSA) is 112 Å². The van der Waals surface area contributed by atoms with E-state index in [-0.39, 0.29) is 11.3 Å². The number of hydroxylamine groups is 2. The van der Waals surface area contributed by atoms with E-state index < -0.39 is 40.9 Å². The number of hydrogen-bond donors (Lipinski definition) is 1. The molecule has 1 aromatic rings. The molecule has 1 amide bonds. The SMILES string of the molecule is CON(OC)C(=O)[C@H]1C[C@@H](O)[C@H](COS(=O)(=O)c2ccc(C)cc2)O1. The highest BCUT2D eigenvalue weighted by molar-refractivity contribution is 7.86. The lowest BCUT2D eigenvalue weighted by Gasteiger charge is -2.19. The first-order chi connectivity index (χ1) is 11.8. The summed E-state index contributed by atoms with van der Waals surface area (Å²) in [6.07, 6.45) is -3.08. The molecule has 0 radical (unpaired) electrons. The van der Waals surface area contributed by atoms with Crippen molar-refractivity contribution >= 4 is 16.0 Å². The first-order valence-electron chi connectivity index (χ1n) is 7.50. The van der Waals surface area contributed by atoms with Gasteiger partial charge in [-0.3, -0.25) is 8.98 Å². The molecule has 0 bridgehead atoms. The van der Waals surface area contributed by atoms with Gasteiger partial charge in [0.15, 0.2) is 0 Å². The lowest BCUT2D eigenvalue weighted by molar-refractivity contribution is -0.321. The molecular weight excluding hydrogens is 354 g/mol. The van der Waals surface area contributed by atoms with Crippen LogP contribution in [0, 0.1) is 6.92 Å². The van der Waals surface area contributed by atoms with Gasteiger partial charge in [0.1, 0.15) is 12.2 Å². The smallest absolute Gasteiger partial charge is 0.302 e. The fourth-order valence-electron chi connectivity index (χ4n) is 2.34. The molecule has 0 unspecified atom stereocenters. The average molecular weight is 375 g/mol. The molecule has 2 rings (SSSR count). The van der Waals surface area contributed by atoms with Crippen LogP contribution in [0.5, 0.6) is 0 Å². The minimum Gasteiger partial charge on any atom is -0.390 e. The van der Waals surface area contributed by atoms with E-state index in [4.69, 9.17) is 18.6 Å². The third kappa shape index (κ3) is 4.75. The van der Waals surface area contributed by atoms with Crippen molar-refractivity contribution < 1.29 is 36.9 Å². The van der Waals surface area contributed by atoms with E-state index in [1.807, 2.05) is 6.92 Å². The second-order valence-electron chi connectivity index (χ2n) is 5.48. The van der Waals surface area contributed by atoms with Gasteiger partial charge in [0, 0.05) is 6.42 Å². The Bertz CT molecular complexity index is 686. The normalized spacial score (nSPS) is 23.6. The minimum atomic E-state index is -3.99. The van der Waals surface area contributed by atoms with Gasteiger partial charge >= 0.3 is 5.91 Å². The molecule has 0 aliphatic carbocycles. The fourth-order valence-corrected chi connectivity index (χ4v) is 3.26. The minimum absolute atomic E-state index is 0.00292. The Labute approximate surface area is 146 Å². The Morgan fingerprint density at radius 1 is 1.28 bits per heavy atom. The van der Waals surface area contributed by atoms with Crippen molar-refractivity contribution in [3.05, 3.63) is 29.8 Å². The fraction of sp³-hybridized carbons (Fsp3) is 0.533. The van der Waals surface area contributed by atoms with Gasteiger partial charge in [-0.25, -0.2) is 9.68 Å². The quantitative estimate of drug-likeness (QED) is 0.530. The maximum atomic E-state index is 12.1. The van der Waals surface area contributed by atoms with E-state index in [1.54, 1.807) is 12.1 Å². The van der Waals surface area contributed by atoms with Crippen molar-refractivity contribution in [3.8, 4) is 0 Å². The highest BCUT2D eigenvalue weighted by atomic mass is 32.2. The third-order valence-corrected chi connectivity index (χ3v) is 5.00. The summed E-state index contributed by atoms with van der Waals surface area (Å²) in [7, 11) is -1.51. The molecule has 1 aromatic carbocycles. The van der Waals surface area contributed by atoms with E-state index in [0.717, 1.165) is 5.56 Å². The molecule has 25 heavy (non-hydrogen) atoms. The van der Waals surface area contributed by atoms with Crippen LogP contribution in [0.4, 0.5) is 0 Å². The standard InChI is InChI=1S/C15H21NO8S/c1-10-4-6-11(7-5-10)25(19,20)23-9-14-12(17)8-13(24-14)15(18)16(21-2)22-3/h4-7,12-14,17H,8-9H2,1-3H3/t12-,13-,14+/m1/s1. The van der Waals surface area contributed by atoms with E-state index in [1.165, 1.54) is 26.4 Å². The van der Waals surface area contributed by atoms with E-state index in [0.29, 0.717) is 5.23 Å². The number of amides is 1. The van der Waals surface area contributed by atoms with Gasteiger partial charge in [0.05, 0.1) is 31.8 Å². The monoisotopic (exact) mass is 375 g/mol. The molecule has 1 aliphatic heterocycles. The van der Waals surface area contributed by atoms with Crippen LogP contribution in [-0.4, -0.2) is 63.8 Å². The van der Waals surface area contributed by atoms with Crippen LogP contribution in [0.15, 0.2) is 29.2 Å². The van der Waals surface area contributed by atoms with Gasteiger partial charge in [0.2, 0.25) is 0 Å². The molecule has 1 saturated heterocycles. The maximum absolute atomic E-state index is 12.1. The average Bonchev–Trinajstić information content (AvgIpc) is 2.95. The van der Waals surface area contributed by atoms with E-state index >= 15 is 0 Å². The number of aliphatic hydroxyl groups excluding tert-OH is 1. The first-order valence-corrected chi connectivity index (χ1v) is 8.91. The predicted molar refractivity (Wildman–Crippen MR) is 84.5 cm³/mol. The molecule has 0 aromatic heterocycles. The molecule has 3 atom stereocenters. The predicted octanol–water partition coefficient (Wildman–Crippen LogP) is 0.170. The number of ether oxygens (including phenoxy) is 1. The van der Waals surface area contributed by atoms with Crippen LogP contribution in [0.25, 0.3) is 0 Å². The zero-order valence-corrected chi connectivity index (χ0v) is 14.9. The summed E-state index contributed by atoms with van der Waals surface area (Å²) >= 11 is 0. The number of nitrogens with zero attached hydrogens (tertiary/aromatic N) is 1. The second kappa shape index (κ2) is 8.21. The van der Waals surface area contributed by atoms with Gasteiger partial charge in [-0.2, -0.15) is 8.42 Å². The highest BCUT2D eigenvalue weighted by Crippen LogP contribution is 2.24. The van der Waals surface area contributed by atoms with E-state index in [2.05, 4.69) is 0 Å². The Hall–Kier alpha value is -1.56. The summed E-state index contributed by atoms with van der Waals surface area (Å²) < 4.78 is 34.6. The summed E-state index contributed by atoms with van der Waals surface area (Å²) in [6.45, 7) is 1.42. The molecule has 1 fully saturated rings. The molecule has 1 heterocycles. The number of aliphatic hydroxyl groups is 1. The van der Waals surface area contributed by atoms with Crippen LogP contribution in [0.1, 0.15) is 12.0 Å². The molecule has 0 saturated carbocycles. The van der Waals surface area contributed by atoms with Crippen molar-refractivity contribution in [2.45, 2.75) is 36.6 Å². The number of rotatable bonds is 7. The lowest BCUT2D eigenvalue weighted by Crippen LogP contribution is -2.38. The van der Waals surface area contributed by atoms with Gasteiger partial charge in [0.25, 0.3) is 10.1 Å². The number of aryl methyl sites for hydroxylation is 1. The summed E-state index contributed by atoms with van der Waals surface area (Å²) in [5.41, 5.74) is 0.913. The maximum Gasteiger partial charge on any atom is 0.302 e. The molecule has 10 heteroatoms. The van der Waals surface area contributed by atoms with Crippen LogP contribution in [0.2, 0.25) is 0 Å². The molecule has 140 valence electrons. The molecule has 0 spiro atoms. The lowest BCUT2D eigenvalue weighted by atomic mass is 10.1. The molecule has 1 aliphatic rings. The first kappa shape index (κ1) is 19.8. The van der Waals surface area contributed by atoms with Crippen molar-refractivity contribution in [3.63, 3.8) is 0 Å². The second-order valence-corrected chi connectivity index (χ2v) is 7.09. The summed E-state index contributed by atoms with van der Waals surface area (Å²) in [4.78, 5) is 21.4. The molecule has 9 nitrogen and oxygen atoms in total. The number of benzene rings is 1. The van der Waals surface area contributed by atoms with Gasteiger partial charge in [-0.1, -0.05) is 22.9 Å². The van der Waals surface area contributed by atoms with Gasteiger partial charge in [-0.15, -0.1) is 0 Å². The zero-order chi connectivity index (χ0) is 18.6. The number of hydrogen-bond acceptors (Lipinski definition) is 8. The van der Waals surface area contributed by atoms with Crippen molar-refractivity contribution in [2.24, 2.45) is 0 Å². The van der Waals surface area contributed by atoms with Crippen LogP contribution in [0.3, 0.4) is 0 Å². The highest BCUT2D eigenvalue weighted by Gasteiger charge is 2.41. The van der Waals surface area contributed by atoms with Crippen molar-refractivity contribution in [1.82, 2.24) is 5.23 Å². The molecular formula is C15H21NO8S. The Morgan fingerprint density at radius 2 is 1.88 bits per heavy atom. The van der Waals surface area contributed by atoms with Crippen LogP contribution >= 0.6 is 0 Å². The summed E-state index contributed by atoms with van der Waals surface area (Å²) in [5, 5.41) is 10.6. The number of carbonyl (C=O) groups is 1. The summed E-state index contributed by atoms with van der Waals surface area (Å²) in [6, 6.07) is 6.15. The number of carbonyl (C=O) groups excluding carboxylic acids is 1. The van der Waals surface area contributed by atoms with Crippen LogP contribution in [-0.2, 0) is 33.5 Å². The van der Waals surface area contributed by atoms with Crippen molar-refractivity contribution in [2.75, 3.05) is 20.8 Å². The summed E-state index contributed by atoms with van der Waals surface area (Å²) in [5.74, 6) is -0.645. The largest absolute Gasteiger partial charge is 0.390 e. The van der Waals surface area contributed by atoms with Crippen molar-refractivity contribution in [1.29, 1.82) is 0 Å². The Balaban J connectivity index is 1.97. The zero-order valence-electron chi connectivity index (χ0n) is 14.1. The van der Waals surface area contributed by atoms with Crippen LogP contribution < -0.4 is 0 Å². The Morgan fingerprint density at radius 3 is 2.44 bits per heavy atom.